The van der Waals surface area contributed by atoms with Gasteiger partial charge in [-0.25, -0.2) is 8.78 Å². The molecule has 2 aromatic rings. The van der Waals surface area contributed by atoms with Crippen molar-refractivity contribution in [1.29, 1.82) is 0 Å². The number of aryl methyl sites for hydroxylation is 2. The molecule has 2 rings (SSSR count). The molecule has 5 heteroatoms. The molecule has 1 heterocycles. The minimum absolute atomic E-state index is 0.0215. The van der Waals surface area contributed by atoms with Crippen molar-refractivity contribution < 1.29 is 8.78 Å². The van der Waals surface area contributed by atoms with Crippen LogP contribution in [0.3, 0.4) is 0 Å². The lowest BCUT2D eigenvalue weighted by molar-refractivity contribution is 0.539. The van der Waals surface area contributed by atoms with Gasteiger partial charge in [-0.3, -0.25) is 4.68 Å². The largest absolute Gasteiger partial charge is 0.324 e. The molecular weight excluding hydrogens is 236 g/mol. The van der Waals surface area contributed by atoms with Crippen LogP contribution in [0.25, 0.3) is 0 Å². The molecule has 18 heavy (non-hydrogen) atoms. The van der Waals surface area contributed by atoms with E-state index in [0.717, 1.165) is 11.3 Å². The summed E-state index contributed by atoms with van der Waals surface area (Å²) in [5.74, 6) is -1.13. The van der Waals surface area contributed by atoms with Gasteiger partial charge in [0, 0.05) is 30.4 Å². The number of nitrogens with two attached hydrogens (primary N) is 1. The number of halogens is 2. The highest BCUT2D eigenvalue weighted by Gasteiger charge is 2.17. The lowest BCUT2D eigenvalue weighted by Crippen LogP contribution is -2.15. The van der Waals surface area contributed by atoms with Crippen molar-refractivity contribution >= 4 is 0 Å². The Labute approximate surface area is 104 Å². The minimum atomic E-state index is -0.563. The first-order valence-corrected chi connectivity index (χ1v) is 5.67. The quantitative estimate of drug-likeness (QED) is 0.909. The van der Waals surface area contributed by atoms with Crippen LogP contribution < -0.4 is 5.73 Å². The average molecular weight is 251 g/mol. The number of rotatable bonds is 3. The summed E-state index contributed by atoms with van der Waals surface area (Å²) in [6, 6.07) is 3.35. The summed E-state index contributed by atoms with van der Waals surface area (Å²) in [7, 11) is 1.78. The predicted octanol–water partition coefficient (Wildman–Crippen LogP) is 2.25. The number of aromatic nitrogens is 2. The molecular formula is C13H15F2N3. The first kappa shape index (κ1) is 12.7. The minimum Gasteiger partial charge on any atom is -0.324 e. The molecule has 0 aliphatic rings. The molecule has 2 N–H and O–H groups in total. The molecule has 0 radical (unpaired) electrons. The summed E-state index contributed by atoms with van der Waals surface area (Å²) in [6.07, 6.45) is 1.89. The predicted molar refractivity (Wildman–Crippen MR) is 64.9 cm³/mol. The second-order valence-corrected chi connectivity index (χ2v) is 4.35. The molecule has 0 aliphatic carbocycles. The van der Waals surface area contributed by atoms with Gasteiger partial charge in [0.1, 0.15) is 11.6 Å². The highest BCUT2D eigenvalue weighted by molar-refractivity contribution is 5.26. The molecule has 1 aromatic carbocycles. The lowest BCUT2D eigenvalue weighted by Gasteiger charge is -2.12. The Hall–Kier alpha value is -1.75. The highest BCUT2D eigenvalue weighted by Crippen LogP contribution is 2.22. The van der Waals surface area contributed by atoms with Crippen LogP contribution >= 0.6 is 0 Å². The zero-order chi connectivity index (χ0) is 13.3. The van der Waals surface area contributed by atoms with E-state index in [2.05, 4.69) is 5.10 Å². The van der Waals surface area contributed by atoms with Crippen molar-refractivity contribution in [2.75, 3.05) is 0 Å². The second-order valence-electron chi connectivity index (χ2n) is 4.35. The summed E-state index contributed by atoms with van der Waals surface area (Å²) in [4.78, 5) is 0. The van der Waals surface area contributed by atoms with Crippen molar-refractivity contribution in [2.45, 2.75) is 19.4 Å². The molecule has 1 unspecified atom stereocenters. The van der Waals surface area contributed by atoms with Crippen LogP contribution in [0.4, 0.5) is 8.78 Å². The van der Waals surface area contributed by atoms with E-state index in [1.54, 1.807) is 17.9 Å². The van der Waals surface area contributed by atoms with E-state index in [1.165, 1.54) is 18.2 Å². The Morgan fingerprint density at radius 3 is 2.44 bits per heavy atom. The summed E-state index contributed by atoms with van der Waals surface area (Å²) in [5.41, 5.74) is 7.60. The molecule has 0 amide bonds. The first-order valence-electron chi connectivity index (χ1n) is 5.67. The van der Waals surface area contributed by atoms with Crippen LogP contribution in [-0.4, -0.2) is 9.78 Å². The number of hydrogen-bond acceptors (Lipinski definition) is 2. The molecule has 0 saturated carbocycles. The van der Waals surface area contributed by atoms with E-state index in [9.17, 15) is 8.78 Å². The third-order valence-electron chi connectivity index (χ3n) is 2.94. The van der Waals surface area contributed by atoms with Crippen molar-refractivity contribution in [1.82, 2.24) is 9.78 Å². The fraction of sp³-hybridized carbons (Fsp3) is 0.308. The van der Waals surface area contributed by atoms with E-state index >= 15 is 0 Å². The van der Waals surface area contributed by atoms with Gasteiger partial charge in [-0.2, -0.15) is 5.10 Å². The molecule has 0 spiro atoms. The maximum atomic E-state index is 13.5. The zero-order valence-corrected chi connectivity index (χ0v) is 10.3. The Bertz CT molecular complexity index is 543. The van der Waals surface area contributed by atoms with E-state index < -0.39 is 17.7 Å². The van der Waals surface area contributed by atoms with Gasteiger partial charge in [0.05, 0.1) is 5.69 Å². The van der Waals surface area contributed by atoms with Gasteiger partial charge in [0.25, 0.3) is 0 Å². The van der Waals surface area contributed by atoms with Crippen LogP contribution in [0, 0.1) is 18.6 Å². The zero-order valence-electron chi connectivity index (χ0n) is 10.3. The number of hydrogen-bond donors (Lipinski definition) is 1. The van der Waals surface area contributed by atoms with Crippen molar-refractivity contribution in [3.05, 3.63) is 52.9 Å². The topological polar surface area (TPSA) is 43.8 Å². The average Bonchev–Trinajstić information content (AvgIpc) is 2.63. The smallest absolute Gasteiger partial charge is 0.129 e. The Morgan fingerprint density at radius 1 is 1.33 bits per heavy atom. The number of benzene rings is 1. The Morgan fingerprint density at radius 2 is 1.94 bits per heavy atom. The molecule has 1 aromatic heterocycles. The molecule has 0 fully saturated rings. The van der Waals surface area contributed by atoms with Gasteiger partial charge in [-0.05, 0) is 25.5 Å². The summed E-state index contributed by atoms with van der Waals surface area (Å²) in [5, 5.41) is 4.17. The highest BCUT2D eigenvalue weighted by atomic mass is 19.1. The standard InChI is InChI=1S/C13H15F2N3/c1-8-10(7-18(2)17-8)13(16)6-9-11(14)4-3-5-12(9)15/h3-5,7,13H,6,16H2,1-2H3. The van der Waals surface area contributed by atoms with E-state index in [0.29, 0.717) is 0 Å². The summed E-state index contributed by atoms with van der Waals surface area (Å²) in [6.45, 7) is 1.83. The van der Waals surface area contributed by atoms with Crippen molar-refractivity contribution in [3.8, 4) is 0 Å². The van der Waals surface area contributed by atoms with Crippen LogP contribution in [0.5, 0.6) is 0 Å². The fourth-order valence-electron chi connectivity index (χ4n) is 2.04. The van der Waals surface area contributed by atoms with Gasteiger partial charge < -0.3 is 5.73 Å². The normalized spacial score (nSPS) is 12.7. The Balaban J connectivity index is 2.26. The van der Waals surface area contributed by atoms with E-state index in [1.807, 2.05) is 6.92 Å². The van der Waals surface area contributed by atoms with E-state index in [4.69, 9.17) is 5.73 Å². The fourth-order valence-corrected chi connectivity index (χ4v) is 2.04. The monoisotopic (exact) mass is 251 g/mol. The molecule has 0 bridgehead atoms. The molecule has 3 nitrogen and oxygen atoms in total. The van der Waals surface area contributed by atoms with Crippen LogP contribution in [0.15, 0.2) is 24.4 Å². The van der Waals surface area contributed by atoms with Gasteiger partial charge in [-0.1, -0.05) is 6.07 Å². The van der Waals surface area contributed by atoms with Gasteiger partial charge in [0.15, 0.2) is 0 Å². The first-order chi connectivity index (χ1) is 8.49. The summed E-state index contributed by atoms with van der Waals surface area (Å²) < 4.78 is 28.7. The van der Waals surface area contributed by atoms with Crippen LogP contribution in [0.1, 0.15) is 22.9 Å². The van der Waals surface area contributed by atoms with Gasteiger partial charge in [-0.15, -0.1) is 0 Å². The van der Waals surface area contributed by atoms with Crippen LogP contribution in [0.2, 0.25) is 0 Å². The van der Waals surface area contributed by atoms with Gasteiger partial charge in [0.2, 0.25) is 0 Å². The molecule has 0 saturated heterocycles. The van der Waals surface area contributed by atoms with Crippen LogP contribution in [-0.2, 0) is 13.5 Å². The maximum Gasteiger partial charge on any atom is 0.129 e. The molecule has 1 atom stereocenters. The molecule has 96 valence electrons. The third-order valence-corrected chi connectivity index (χ3v) is 2.94. The maximum absolute atomic E-state index is 13.5. The molecule has 0 aliphatic heterocycles. The second kappa shape index (κ2) is 4.86. The van der Waals surface area contributed by atoms with Crippen molar-refractivity contribution in [2.24, 2.45) is 12.8 Å². The lowest BCUT2D eigenvalue weighted by atomic mass is 9.99. The summed E-state index contributed by atoms with van der Waals surface area (Å²) >= 11 is 0. The number of nitrogens with zero attached hydrogens (tertiary/aromatic N) is 2. The van der Waals surface area contributed by atoms with E-state index in [-0.39, 0.29) is 12.0 Å². The Kier molecular flexibility index (Phi) is 3.43. The SMILES string of the molecule is Cc1nn(C)cc1C(N)Cc1c(F)cccc1F. The van der Waals surface area contributed by atoms with Gasteiger partial charge >= 0.3 is 0 Å². The third kappa shape index (κ3) is 2.41. The van der Waals surface area contributed by atoms with Crippen molar-refractivity contribution in [3.63, 3.8) is 0 Å².